The Morgan fingerprint density at radius 3 is 2.68 bits per heavy atom. The first-order valence-corrected chi connectivity index (χ1v) is 8.90. The van der Waals surface area contributed by atoms with E-state index in [1.165, 1.54) is 18.3 Å². The standard InChI is InChI=1S/C20H15ClFN5O/c1-12-17-18(21)16(20(28)25-10-14-4-2-3-9-23-14)11-24-19(17)27(26-12)15-7-5-13(22)6-8-15/h2-9,11H,10H2,1H3,(H,25,28). The summed E-state index contributed by atoms with van der Waals surface area (Å²) in [7, 11) is 0. The molecule has 4 rings (SSSR count). The molecule has 4 aromatic rings. The number of pyridine rings is 2. The number of carbonyl (C=O) groups excluding carboxylic acids is 1. The fourth-order valence-electron chi connectivity index (χ4n) is 2.90. The highest BCUT2D eigenvalue weighted by atomic mass is 35.5. The number of nitrogens with one attached hydrogen (secondary N) is 1. The number of fused-ring (bicyclic) bond motifs is 1. The molecular weight excluding hydrogens is 381 g/mol. The van der Waals surface area contributed by atoms with Crippen molar-refractivity contribution < 1.29 is 9.18 Å². The Hall–Kier alpha value is -3.32. The van der Waals surface area contributed by atoms with Crippen LogP contribution >= 0.6 is 11.6 Å². The number of amides is 1. The zero-order valence-electron chi connectivity index (χ0n) is 14.9. The predicted octanol–water partition coefficient (Wildman–Crippen LogP) is 3.85. The number of benzene rings is 1. The maximum absolute atomic E-state index is 13.2. The summed E-state index contributed by atoms with van der Waals surface area (Å²) in [6, 6.07) is 11.4. The Labute approximate surface area is 165 Å². The quantitative estimate of drug-likeness (QED) is 0.569. The van der Waals surface area contributed by atoms with Crippen LogP contribution in [-0.4, -0.2) is 25.7 Å². The first-order valence-electron chi connectivity index (χ1n) is 8.52. The summed E-state index contributed by atoms with van der Waals surface area (Å²) in [6.07, 6.45) is 3.08. The summed E-state index contributed by atoms with van der Waals surface area (Å²) >= 11 is 6.52. The monoisotopic (exact) mass is 395 g/mol. The fraction of sp³-hybridized carbons (Fsp3) is 0.100. The van der Waals surface area contributed by atoms with E-state index in [1.807, 2.05) is 18.2 Å². The van der Waals surface area contributed by atoms with Crippen LogP contribution in [0, 0.1) is 12.7 Å². The van der Waals surface area contributed by atoms with Crippen LogP contribution in [0.15, 0.2) is 54.9 Å². The molecule has 140 valence electrons. The Kier molecular flexibility index (Phi) is 4.75. The summed E-state index contributed by atoms with van der Waals surface area (Å²) in [6.45, 7) is 2.06. The van der Waals surface area contributed by atoms with E-state index >= 15 is 0 Å². The van der Waals surface area contributed by atoms with Gasteiger partial charge < -0.3 is 5.32 Å². The zero-order valence-corrected chi connectivity index (χ0v) is 15.6. The molecule has 3 aromatic heterocycles. The molecule has 1 amide bonds. The van der Waals surface area contributed by atoms with Gasteiger partial charge in [0.1, 0.15) is 5.82 Å². The van der Waals surface area contributed by atoms with Crippen molar-refractivity contribution in [3.63, 3.8) is 0 Å². The molecule has 0 aliphatic carbocycles. The van der Waals surface area contributed by atoms with E-state index in [1.54, 1.807) is 29.9 Å². The normalized spacial score (nSPS) is 11.0. The van der Waals surface area contributed by atoms with Crippen LogP contribution in [0.2, 0.25) is 5.02 Å². The minimum Gasteiger partial charge on any atom is -0.346 e. The van der Waals surface area contributed by atoms with E-state index < -0.39 is 0 Å². The second-order valence-electron chi connectivity index (χ2n) is 6.16. The summed E-state index contributed by atoms with van der Waals surface area (Å²) in [4.78, 5) is 21.1. The number of rotatable bonds is 4. The minimum absolute atomic E-state index is 0.256. The van der Waals surface area contributed by atoms with E-state index in [-0.39, 0.29) is 28.9 Å². The van der Waals surface area contributed by atoms with Gasteiger partial charge in [0.25, 0.3) is 5.91 Å². The van der Waals surface area contributed by atoms with Gasteiger partial charge in [-0.25, -0.2) is 14.1 Å². The Bertz CT molecular complexity index is 1160. The van der Waals surface area contributed by atoms with Gasteiger partial charge in [-0.2, -0.15) is 5.10 Å². The molecular formula is C20H15ClFN5O. The Morgan fingerprint density at radius 2 is 1.96 bits per heavy atom. The predicted molar refractivity (Wildman–Crippen MR) is 104 cm³/mol. The number of aryl methyl sites for hydroxylation is 1. The molecule has 6 nitrogen and oxygen atoms in total. The molecule has 3 heterocycles. The summed E-state index contributed by atoms with van der Waals surface area (Å²) in [5.41, 5.74) is 2.76. The molecule has 0 unspecified atom stereocenters. The van der Waals surface area contributed by atoms with E-state index in [9.17, 15) is 9.18 Å². The molecule has 0 atom stereocenters. The van der Waals surface area contributed by atoms with Crippen LogP contribution in [-0.2, 0) is 6.54 Å². The van der Waals surface area contributed by atoms with Crippen LogP contribution in [0.5, 0.6) is 0 Å². The summed E-state index contributed by atoms with van der Waals surface area (Å²) < 4.78 is 14.8. The second-order valence-corrected chi connectivity index (χ2v) is 6.54. The summed E-state index contributed by atoms with van der Waals surface area (Å²) in [5.74, 6) is -0.686. The van der Waals surface area contributed by atoms with Crippen molar-refractivity contribution in [3.8, 4) is 5.69 Å². The largest absolute Gasteiger partial charge is 0.346 e. The SMILES string of the molecule is Cc1nn(-c2ccc(F)cc2)c2ncc(C(=O)NCc3ccccn3)c(Cl)c12. The third kappa shape index (κ3) is 3.32. The second kappa shape index (κ2) is 7.36. The smallest absolute Gasteiger partial charge is 0.254 e. The number of hydrogen-bond acceptors (Lipinski definition) is 4. The van der Waals surface area contributed by atoms with Crippen molar-refractivity contribution >= 4 is 28.5 Å². The third-order valence-corrected chi connectivity index (χ3v) is 4.67. The highest BCUT2D eigenvalue weighted by Gasteiger charge is 2.20. The first kappa shape index (κ1) is 18.1. The maximum Gasteiger partial charge on any atom is 0.254 e. The molecule has 0 saturated carbocycles. The molecule has 0 saturated heterocycles. The van der Waals surface area contributed by atoms with Gasteiger partial charge in [-0.1, -0.05) is 17.7 Å². The summed E-state index contributed by atoms with van der Waals surface area (Å²) in [5, 5.41) is 8.09. The van der Waals surface area contributed by atoms with Crippen molar-refractivity contribution in [1.29, 1.82) is 0 Å². The van der Waals surface area contributed by atoms with Crippen LogP contribution in [0.1, 0.15) is 21.7 Å². The van der Waals surface area contributed by atoms with Gasteiger partial charge in [0.05, 0.1) is 39.6 Å². The lowest BCUT2D eigenvalue weighted by molar-refractivity contribution is 0.0950. The van der Waals surface area contributed by atoms with Crippen molar-refractivity contribution in [3.05, 3.63) is 82.6 Å². The average molecular weight is 396 g/mol. The zero-order chi connectivity index (χ0) is 19.7. The van der Waals surface area contributed by atoms with Crippen molar-refractivity contribution in [2.45, 2.75) is 13.5 Å². The Morgan fingerprint density at radius 1 is 1.18 bits per heavy atom. The Balaban J connectivity index is 1.68. The van der Waals surface area contributed by atoms with Gasteiger partial charge in [-0.3, -0.25) is 9.78 Å². The maximum atomic E-state index is 13.2. The van der Waals surface area contributed by atoms with Crippen LogP contribution < -0.4 is 5.32 Å². The number of nitrogens with zero attached hydrogens (tertiary/aromatic N) is 4. The number of aromatic nitrogens is 4. The molecule has 0 aliphatic rings. The van der Waals surface area contributed by atoms with Crippen LogP contribution in [0.25, 0.3) is 16.7 Å². The lowest BCUT2D eigenvalue weighted by Gasteiger charge is -2.08. The molecule has 1 N–H and O–H groups in total. The molecule has 0 spiro atoms. The van der Waals surface area contributed by atoms with Gasteiger partial charge in [-0.15, -0.1) is 0 Å². The molecule has 28 heavy (non-hydrogen) atoms. The van der Waals surface area contributed by atoms with E-state index in [4.69, 9.17) is 11.6 Å². The van der Waals surface area contributed by atoms with Crippen LogP contribution in [0.3, 0.4) is 0 Å². The van der Waals surface area contributed by atoms with Gasteiger partial charge >= 0.3 is 0 Å². The minimum atomic E-state index is -0.348. The van der Waals surface area contributed by atoms with E-state index in [2.05, 4.69) is 20.4 Å². The van der Waals surface area contributed by atoms with E-state index in [0.29, 0.717) is 22.4 Å². The number of hydrogen-bond donors (Lipinski definition) is 1. The van der Waals surface area contributed by atoms with E-state index in [0.717, 1.165) is 5.69 Å². The number of halogens is 2. The van der Waals surface area contributed by atoms with Crippen molar-refractivity contribution in [2.24, 2.45) is 0 Å². The molecule has 0 fully saturated rings. The molecule has 0 aliphatic heterocycles. The van der Waals surface area contributed by atoms with Crippen molar-refractivity contribution in [1.82, 2.24) is 25.1 Å². The first-order chi connectivity index (χ1) is 13.5. The van der Waals surface area contributed by atoms with Gasteiger partial charge in [0, 0.05) is 12.4 Å². The molecule has 0 bridgehead atoms. The topological polar surface area (TPSA) is 72.7 Å². The highest BCUT2D eigenvalue weighted by molar-refractivity contribution is 6.38. The molecule has 8 heteroatoms. The number of carbonyl (C=O) groups is 1. The van der Waals surface area contributed by atoms with Crippen molar-refractivity contribution in [2.75, 3.05) is 0 Å². The fourth-order valence-corrected chi connectivity index (χ4v) is 3.25. The van der Waals surface area contributed by atoms with Gasteiger partial charge in [-0.05, 0) is 43.3 Å². The lowest BCUT2D eigenvalue weighted by atomic mass is 10.2. The molecule has 0 radical (unpaired) electrons. The average Bonchev–Trinajstić information content (AvgIpc) is 3.05. The van der Waals surface area contributed by atoms with Gasteiger partial charge in [0.15, 0.2) is 5.65 Å². The lowest BCUT2D eigenvalue weighted by Crippen LogP contribution is -2.23. The van der Waals surface area contributed by atoms with Gasteiger partial charge in [0.2, 0.25) is 0 Å². The highest BCUT2D eigenvalue weighted by Crippen LogP contribution is 2.30. The van der Waals surface area contributed by atoms with Crippen LogP contribution in [0.4, 0.5) is 4.39 Å². The third-order valence-electron chi connectivity index (χ3n) is 4.28. The molecule has 1 aromatic carbocycles.